The number of alkyl halides is 3. The number of benzene rings is 3. The first-order valence-electron chi connectivity index (χ1n) is 19.2. The van der Waals surface area contributed by atoms with E-state index in [0.29, 0.717) is 80.7 Å². The smallest absolute Gasteiger partial charge is 0.379 e. The van der Waals surface area contributed by atoms with Crippen LogP contribution in [0.4, 0.5) is 24.5 Å². The summed E-state index contributed by atoms with van der Waals surface area (Å²) in [6.07, 6.45) is -1.52. The number of fused-ring (bicyclic) bond motifs is 3. The highest BCUT2D eigenvalue weighted by Gasteiger charge is 2.50. The fraction of sp³-hybridized carbons (Fsp3) is 0.419. The molecular weight excluding hydrogens is 741 g/mol. The predicted octanol–water partition coefficient (Wildman–Crippen LogP) is 7.50. The molecule has 0 atom stereocenters. The SMILES string of the molecule is CCN(CC)c1ccc(NC(=O)c2cccc(CCCOCCOCC34COC(C)(OC3)OC4)c2)c(-c2cc(C(=O)NCc3cccc(C(F)(F)F)c3)ccn2)c1. The first-order valence-corrected chi connectivity index (χ1v) is 19.2. The second kappa shape index (κ2) is 18.6. The fourth-order valence-corrected chi connectivity index (χ4v) is 6.68. The maximum absolute atomic E-state index is 13.7. The summed E-state index contributed by atoms with van der Waals surface area (Å²) >= 11 is 0. The zero-order valence-corrected chi connectivity index (χ0v) is 32.5. The minimum Gasteiger partial charge on any atom is -0.379 e. The van der Waals surface area contributed by atoms with Crippen molar-refractivity contribution in [3.8, 4) is 11.3 Å². The summed E-state index contributed by atoms with van der Waals surface area (Å²) in [6, 6.07) is 21.1. The summed E-state index contributed by atoms with van der Waals surface area (Å²) in [5.41, 5.74) is 3.45. The predicted molar refractivity (Wildman–Crippen MR) is 209 cm³/mol. The van der Waals surface area contributed by atoms with Crippen molar-refractivity contribution in [2.45, 2.75) is 52.3 Å². The van der Waals surface area contributed by atoms with Gasteiger partial charge >= 0.3 is 6.18 Å². The summed E-state index contributed by atoms with van der Waals surface area (Å²) in [7, 11) is 0. The van der Waals surface area contributed by atoms with Crippen molar-refractivity contribution in [2.24, 2.45) is 5.41 Å². The molecule has 0 unspecified atom stereocenters. The van der Waals surface area contributed by atoms with Crippen molar-refractivity contribution >= 4 is 23.2 Å². The minimum atomic E-state index is -4.49. The van der Waals surface area contributed by atoms with Gasteiger partial charge in [-0.1, -0.05) is 24.3 Å². The number of hydrogen-bond acceptors (Lipinski definition) is 9. The Kier molecular flexibility index (Phi) is 13.6. The number of carbonyl (C=O) groups is 2. The zero-order valence-electron chi connectivity index (χ0n) is 32.5. The average molecular weight is 791 g/mol. The van der Waals surface area contributed by atoms with Crippen LogP contribution in [0, 0.1) is 5.41 Å². The monoisotopic (exact) mass is 790 g/mol. The summed E-state index contributed by atoms with van der Waals surface area (Å²) in [6.45, 7) is 10.8. The lowest BCUT2D eigenvalue weighted by Gasteiger charge is -2.50. The van der Waals surface area contributed by atoms with E-state index in [1.807, 2.05) is 50.2 Å². The lowest BCUT2D eigenvalue weighted by Crippen LogP contribution is -2.60. The van der Waals surface area contributed by atoms with Gasteiger partial charge < -0.3 is 39.2 Å². The number of aromatic nitrogens is 1. The number of pyridine rings is 1. The van der Waals surface area contributed by atoms with Crippen LogP contribution in [0.25, 0.3) is 11.3 Å². The number of nitrogens with one attached hydrogen (secondary N) is 2. The minimum absolute atomic E-state index is 0.0934. The van der Waals surface area contributed by atoms with Gasteiger partial charge in [0.2, 0.25) is 0 Å². The molecule has 3 fully saturated rings. The van der Waals surface area contributed by atoms with E-state index in [2.05, 4.69) is 20.5 Å². The maximum Gasteiger partial charge on any atom is 0.416 e. The van der Waals surface area contributed by atoms with Gasteiger partial charge in [0, 0.05) is 61.7 Å². The normalized spacial score (nSPS) is 19.0. The van der Waals surface area contributed by atoms with E-state index in [4.69, 9.17) is 23.7 Å². The van der Waals surface area contributed by atoms with E-state index in [1.54, 1.807) is 19.1 Å². The molecule has 3 aromatic carbocycles. The number of hydrogen-bond donors (Lipinski definition) is 2. The summed E-state index contributed by atoms with van der Waals surface area (Å²) in [5, 5.41) is 5.75. The van der Waals surface area contributed by atoms with Gasteiger partial charge in [-0.3, -0.25) is 14.6 Å². The summed E-state index contributed by atoms with van der Waals surface area (Å²) in [4.78, 5) is 33.6. The molecule has 3 saturated heterocycles. The van der Waals surface area contributed by atoms with Crippen LogP contribution >= 0.6 is 0 Å². The Morgan fingerprint density at radius 3 is 2.26 bits per heavy atom. The first kappa shape index (κ1) is 41.8. The van der Waals surface area contributed by atoms with Crippen LogP contribution in [0.1, 0.15) is 64.6 Å². The highest BCUT2D eigenvalue weighted by molar-refractivity contribution is 6.06. The Bertz CT molecular complexity index is 1980. The number of nitrogens with zero attached hydrogens (tertiary/aromatic N) is 2. The van der Waals surface area contributed by atoms with Crippen molar-refractivity contribution < 1.29 is 46.4 Å². The second-order valence-electron chi connectivity index (χ2n) is 14.4. The molecule has 1 aromatic heterocycles. The molecule has 11 nitrogen and oxygen atoms in total. The molecule has 0 saturated carbocycles. The molecule has 4 heterocycles. The third kappa shape index (κ3) is 11.0. The molecular formula is C43H49F3N4O7. The standard InChI is InChI=1S/C43H49F3N4O7/c1-4-50(5-2)35-14-15-37(36(24-35)38-23-33(16-17-47-38)39(51)48-25-31-10-7-13-34(22-31)43(44,45)46)49-40(52)32-12-6-9-30(21-32)11-8-18-53-19-20-54-26-42-27-55-41(3,56-28-42)57-29-42/h6-7,9-10,12-17,21-24H,4-5,8,11,18-20,25-29H2,1-3H3,(H,48,51)(H,49,52). The number of amides is 2. The second-order valence-corrected chi connectivity index (χ2v) is 14.4. The van der Waals surface area contributed by atoms with Crippen LogP contribution in [0.5, 0.6) is 0 Å². The lowest BCUT2D eigenvalue weighted by atomic mass is 9.90. The highest BCUT2D eigenvalue weighted by atomic mass is 19.4. The third-order valence-corrected chi connectivity index (χ3v) is 10.0. The van der Waals surface area contributed by atoms with Crippen LogP contribution in [0.2, 0.25) is 0 Å². The molecule has 0 spiro atoms. The number of carbonyl (C=O) groups excluding carboxylic acids is 2. The highest BCUT2D eigenvalue weighted by Crippen LogP contribution is 2.38. The summed E-state index contributed by atoms with van der Waals surface area (Å²) in [5.74, 6) is -1.72. The van der Waals surface area contributed by atoms with Crippen molar-refractivity contribution in [1.29, 1.82) is 0 Å². The summed E-state index contributed by atoms with van der Waals surface area (Å²) < 4.78 is 68.2. The number of anilines is 2. The van der Waals surface area contributed by atoms with Gasteiger partial charge in [0.25, 0.3) is 17.8 Å². The number of ether oxygens (including phenoxy) is 5. The zero-order chi connectivity index (χ0) is 40.5. The van der Waals surface area contributed by atoms with Crippen LogP contribution in [0.3, 0.4) is 0 Å². The van der Waals surface area contributed by atoms with E-state index in [0.717, 1.165) is 42.9 Å². The lowest BCUT2D eigenvalue weighted by molar-refractivity contribution is -0.462. The molecule has 2 N–H and O–H groups in total. The Labute approximate surface area is 330 Å². The number of aryl methyl sites for hydroxylation is 1. The topological polar surface area (TPSA) is 120 Å². The van der Waals surface area contributed by atoms with Crippen molar-refractivity contribution in [3.63, 3.8) is 0 Å². The third-order valence-electron chi connectivity index (χ3n) is 10.0. The van der Waals surface area contributed by atoms with E-state index in [1.165, 1.54) is 24.4 Å². The van der Waals surface area contributed by atoms with Crippen molar-refractivity contribution in [2.75, 3.05) is 69.6 Å². The molecule has 304 valence electrons. The van der Waals surface area contributed by atoms with Crippen LogP contribution < -0.4 is 15.5 Å². The van der Waals surface area contributed by atoms with Gasteiger partial charge in [0.05, 0.1) is 62.0 Å². The molecule has 3 aliphatic heterocycles. The van der Waals surface area contributed by atoms with E-state index in [-0.39, 0.29) is 23.4 Å². The number of rotatable bonds is 18. The molecule has 0 aliphatic carbocycles. The molecule has 7 rings (SSSR count). The van der Waals surface area contributed by atoms with Crippen LogP contribution in [0.15, 0.2) is 85.1 Å². The average Bonchev–Trinajstić information content (AvgIpc) is 3.22. The van der Waals surface area contributed by atoms with Gasteiger partial charge in [-0.25, -0.2) is 0 Å². The largest absolute Gasteiger partial charge is 0.416 e. The number of halogens is 3. The van der Waals surface area contributed by atoms with Crippen molar-refractivity contribution in [3.05, 3.63) is 113 Å². The Morgan fingerprint density at radius 2 is 1.53 bits per heavy atom. The molecule has 2 bridgehead atoms. The Balaban J connectivity index is 1.05. The molecule has 14 heteroatoms. The van der Waals surface area contributed by atoms with E-state index >= 15 is 0 Å². The van der Waals surface area contributed by atoms with Gasteiger partial charge in [0.15, 0.2) is 0 Å². The van der Waals surface area contributed by atoms with Crippen molar-refractivity contribution in [1.82, 2.24) is 10.3 Å². The maximum atomic E-state index is 13.7. The van der Waals surface area contributed by atoms with E-state index < -0.39 is 23.6 Å². The van der Waals surface area contributed by atoms with Gasteiger partial charge in [-0.05, 0) is 92.4 Å². The van der Waals surface area contributed by atoms with Crippen LogP contribution in [-0.4, -0.2) is 82.1 Å². The molecule has 57 heavy (non-hydrogen) atoms. The van der Waals surface area contributed by atoms with Gasteiger partial charge in [-0.15, -0.1) is 0 Å². The Hall–Kier alpha value is -4.86. The Morgan fingerprint density at radius 1 is 0.825 bits per heavy atom. The fourth-order valence-electron chi connectivity index (χ4n) is 6.68. The first-order chi connectivity index (χ1) is 27.4. The molecule has 0 radical (unpaired) electrons. The van der Waals surface area contributed by atoms with Gasteiger partial charge in [-0.2, -0.15) is 13.2 Å². The quantitative estimate of drug-likeness (QED) is 0.0988. The molecule has 2 amide bonds. The molecule has 3 aliphatic rings. The van der Waals surface area contributed by atoms with Crippen LogP contribution in [-0.2, 0) is 42.8 Å². The van der Waals surface area contributed by atoms with E-state index in [9.17, 15) is 22.8 Å². The van der Waals surface area contributed by atoms with Gasteiger partial charge in [0.1, 0.15) is 0 Å². The molecule has 4 aromatic rings.